The first-order chi connectivity index (χ1) is 11.5. The van der Waals surface area contributed by atoms with Crippen LogP contribution in [0.3, 0.4) is 0 Å². The predicted molar refractivity (Wildman–Crippen MR) is 93.8 cm³/mol. The molecule has 0 unspecified atom stereocenters. The van der Waals surface area contributed by atoms with Gasteiger partial charge in [-0.1, -0.05) is 12.1 Å². The van der Waals surface area contributed by atoms with Crippen LogP contribution in [-0.2, 0) is 16.0 Å². The molecule has 1 atom stereocenters. The molecule has 0 aliphatic rings. The topological polar surface area (TPSA) is 60.4 Å². The van der Waals surface area contributed by atoms with Crippen molar-refractivity contribution in [1.29, 1.82) is 0 Å². The van der Waals surface area contributed by atoms with Gasteiger partial charge in [-0.25, -0.2) is 0 Å². The van der Waals surface area contributed by atoms with Gasteiger partial charge in [-0.2, -0.15) is 0 Å². The van der Waals surface area contributed by atoms with E-state index in [1.54, 1.807) is 21.3 Å². The summed E-state index contributed by atoms with van der Waals surface area (Å²) < 4.78 is 21.5. The van der Waals surface area contributed by atoms with E-state index in [0.717, 1.165) is 11.3 Å². The molecular formula is C18H31NO5. The number of benzene rings is 1. The standard InChI is InChI=1S/C18H31NO5/c1-14(2)24-13-16(20)12-19(9-10-21-3)11-15-7-6-8-17(22-4)18(15)23-5/h6-8,14,16,20H,9-13H2,1-5H3/t16-/m1/s1. The van der Waals surface area contributed by atoms with Crippen molar-refractivity contribution in [1.82, 2.24) is 4.90 Å². The zero-order valence-corrected chi connectivity index (χ0v) is 15.4. The van der Waals surface area contributed by atoms with E-state index in [-0.39, 0.29) is 6.10 Å². The van der Waals surface area contributed by atoms with Crippen LogP contribution in [0.4, 0.5) is 0 Å². The monoisotopic (exact) mass is 341 g/mol. The predicted octanol–water partition coefficient (Wildman–Crippen LogP) is 1.94. The SMILES string of the molecule is COCCN(Cc1cccc(OC)c1OC)C[C@@H](O)COC(C)C. The van der Waals surface area contributed by atoms with E-state index in [2.05, 4.69) is 4.90 Å². The van der Waals surface area contributed by atoms with Crippen molar-refractivity contribution in [2.24, 2.45) is 0 Å². The molecular weight excluding hydrogens is 310 g/mol. The Morgan fingerprint density at radius 1 is 1.12 bits per heavy atom. The molecule has 0 fully saturated rings. The minimum absolute atomic E-state index is 0.102. The van der Waals surface area contributed by atoms with Crippen LogP contribution in [0.25, 0.3) is 0 Å². The van der Waals surface area contributed by atoms with Gasteiger partial charge >= 0.3 is 0 Å². The molecule has 6 heteroatoms. The molecule has 1 rings (SSSR count). The smallest absolute Gasteiger partial charge is 0.165 e. The maximum atomic E-state index is 10.2. The molecule has 0 aromatic heterocycles. The van der Waals surface area contributed by atoms with Crippen molar-refractivity contribution in [2.45, 2.75) is 32.6 Å². The summed E-state index contributed by atoms with van der Waals surface area (Å²) in [5, 5.41) is 10.2. The van der Waals surface area contributed by atoms with Crippen LogP contribution in [0, 0.1) is 0 Å². The van der Waals surface area contributed by atoms with E-state index in [4.69, 9.17) is 18.9 Å². The number of nitrogens with zero attached hydrogens (tertiary/aromatic N) is 1. The van der Waals surface area contributed by atoms with Gasteiger partial charge in [0.2, 0.25) is 0 Å². The van der Waals surface area contributed by atoms with E-state index in [0.29, 0.717) is 38.6 Å². The molecule has 24 heavy (non-hydrogen) atoms. The Balaban J connectivity index is 2.78. The van der Waals surface area contributed by atoms with Crippen molar-refractivity contribution >= 4 is 0 Å². The summed E-state index contributed by atoms with van der Waals surface area (Å²) in [7, 11) is 4.92. The third-order valence-electron chi connectivity index (χ3n) is 3.58. The lowest BCUT2D eigenvalue weighted by atomic mass is 10.1. The summed E-state index contributed by atoms with van der Waals surface area (Å²) >= 11 is 0. The summed E-state index contributed by atoms with van der Waals surface area (Å²) in [6, 6.07) is 5.80. The van der Waals surface area contributed by atoms with Gasteiger partial charge in [0.25, 0.3) is 0 Å². The zero-order chi connectivity index (χ0) is 17.9. The Kier molecular flexibility index (Phi) is 9.71. The Morgan fingerprint density at radius 2 is 1.88 bits per heavy atom. The first kappa shape index (κ1) is 20.7. The fourth-order valence-electron chi connectivity index (χ4n) is 2.43. The van der Waals surface area contributed by atoms with Crippen molar-refractivity contribution < 1.29 is 24.1 Å². The lowest BCUT2D eigenvalue weighted by molar-refractivity contribution is -0.0122. The second-order valence-electron chi connectivity index (χ2n) is 5.92. The number of rotatable bonds is 12. The summed E-state index contributed by atoms with van der Waals surface area (Å²) in [6.45, 7) is 6.64. The largest absolute Gasteiger partial charge is 0.493 e. The lowest BCUT2D eigenvalue weighted by Crippen LogP contribution is -2.37. The normalized spacial score (nSPS) is 12.7. The van der Waals surface area contributed by atoms with Gasteiger partial charge in [-0.3, -0.25) is 4.90 Å². The molecule has 0 saturated carbocycles. The highest BCUT2D eigenvalue weighted by molar-refractivity contribution is 5.46. The summed E-state index contributed by atoms with van der Waals surface area (Å²) in [5.74, 6) is 1.42. The highest BCUT2D eigenvalue weighted by Gasteiger charge is 2.17. The van der Waals surface area contributed by atoms with Gasteiger partial charge in [0.1, 0.15) is 0 Å². The second-order valence-corrected chi connectivity index (χ2v) is 5.92. The summed E-state index contributed by atoms with van der Waals surface area (Å²) in [5.41, 5.74) is 1.00. The molecule has 1 aromatic carbocycles. The minimum atomic E-state index is -0.555. The van der Waals surface area contributed by atoms with Crippen LogP contribution in [0.2, 0.25) is 0 Å². The molecule has 0 bridgehead atoms. The highest BCUT2D eigenvalue weighted by atomic mass is 16.5. The molecule has 0 spiro atoms. The molecule has 0 radical (unpaired) electrons. The molecule has 1 aromatic rings. The number of aliphatic hydroxyl groups excluding tert-OH is 1. The maximum absolute atomic E-state index is 10.2. The first-order valence-electron chi connectivity index (χ1n) is 8.22. The van der Waals surface area contributed by atoms with Gasteiger partial charge in [-0.15, -0.1) is 0 Å². The first-order valence-corrected chi connectivity index (χ1v) is 8.22. The van der Waals surface area contributed by atoms with E-state index >= 15 is 0 Å². The number of aliphatic hydroxyl groups is 1. The molecule has 138 valence electrons. The fraction of sp³-hybridized carbons (Fsp3) is 0.667. The van der Waals surface area contributed by atoms with E-state index < -0.39 is 6.10 Å². The Hall–Kier alpha value is -1.34. The van der Waals surface area contributed by atoms with Gasteiger partial charge < -0.3 is 24.1 Å². The Morgan fingerprint density at radius 3 is 2.46 bits per heavy atom. The minimum Gasteiger partial charge on any atom is -0.493 e. The zero-order valence-electron chi connectivity index (χ0n) is 15.4. The van der Waals surface area contributed by atoms with E-state index in [1.165, 1.54) is 0 Å². The fourth-order valence-corrected chi connectivity index (χ4v) is 2.43. The van der Waals surface area contributed by atoms with Crippen LogP contribution < -0.4 is 9.47 Å². The quantitative estimate of drug-likeness (QED) is 0.627. The summed E-state index contributed by atoms with van der Waals surface area (Å²) in [4.78, 5) is 2.12. The van der Waals surface area contributed by atoms with Crippen LogP contribution in [0.1, 0.15) is 19.4 Å². The summed E-state index contributed by atoms with van der Waals surface area (Å²) in [6.07, 6.45) is -0.452. The van der Waals surface area contributed by atoms with Crippen molar-refractivity contribution in [3.8, 4) is 11.5 Å². The molecule has 0 aliphatic heterocycles. The van der Waals surface area contributed by atoms with Gasteiger partial charge in [0.15, 0.2) is 11.5 Å². The van der Waals surface area contributed by atoms with Gasteiger partial charge in [-0.05, 0) is 19.9 Å². The number of methoxy groups -OCH3 is 3. The number of para-hydroxylation sites is 1. The number of hydrogen-bond acceptors (Lipinski definition) is 6. The Bertz CT molecular complexity index is 467. The molecule has 0 heterocycles. The van der Waals surface area contributed by atoms with Gasteiger partial charge in [0.05, 0.1) is 39.6 Å². The molecule has 0 amide bonds. The van der Waals surface area contributed by atoms with Gasteiger partial charge in [0, 0.05) is 32.3 Å². The highest BCUT2D eigenvalue weighted by Crippen LogP contribution is 2.31. The van der Waals surface area contributed by atoms with Crippen LogP contribution in [0.5, 0.6) is 11.5 Å². The van der Waals surface area contributed by atoms with Crippen LogP contribution >= 0.6 is 0 Å². The number of hydrogen-bond donors (Lipinski definition) is 1. The van der Waals surface area contributed by atoms with E-state index in [1.807, 2.05) is 32.0 Å². The molecule has 6 nitrogen and oxygen atoms in total. The number of ether oxygens (including phenoxy) is 4. The average Bonchev–Trinajstić information content (AvgIpc) is 2.57. The molecule has 0 aliphatic carbocycles. The molecule has 1 N–H and O–H groups in total. The Labute approximate surface area is 145 Å². The van der Waals surface area contributed by atoms with Crippen LogP contribution in [0.15, 0.2) is 18.2 Å². The lowest BCUT2D eigenvalue weighted by Gasteiger charge is -2.26. The molecule has 0 saturated heterocycles. The third-order valence-corrected chi connectivity index (χ3v) is 3.58. The third kappa shape index (κ3) is 7.05. The van der Waals surface area contributed by atoms with E-state index in [9.17, 15) is 5.11 Å². The average molecular weight is 341 g/mol. The van der Waals surface area contributed by atoms with Crippen molar-refractivity contribution in [3.63, 3.8) is 0 Å². The maximum Gasteiger partial charge on any atom is 0.165 e. The second kappa shape index (κ2) is 11.3. The van der Waals surface area contributed by atoms with Crippen molar-refractivity contribution in [2.75, 3.05) is 47.6 Å². The van der Waals surface area contributed by atoms with Crippen LogP contribution in [-0.4, -0.2) is 69.8 Å². The van der Waals surface area contributed by atoms with Crippen molar-refractivity contribution in [3.05, 3.63) is 23.8 Å².